The molecule has 0 aliphatic carbocycles. The number of hydrogen-bond acceptors (Lipinski definition) is 6. The molecule has 1 fully saturated rings. The van der Waals surface area contributed by atoms with Gasteiger partial charge in [0.25, 0.3) is 5.56 Å². The summed E-state index contributed by atoms with van der Waals surface area (Å²) in [7, 11) is 0. The summed E-state index contributed by atoms with van der Waals surface area (Å²) < 4.78 is 4.16. The summed E-state index contributed by atoms with van der Waals surface area (Å²) in [6, 6.07) is 9.83. The molecule has 0 aromatic carbocycles. The molecular weight excluding hydrogens is 400 g/mol. The molecule has 1 aliphatic rings. The van der Waals surface area contributed by atoms with Crippen LogP contribution in [0.2, 0.25) is 0 Å². The molecule has 8 nitrogen and oxygen atoms in total. The van der Waals surface area contributed by atoms with Crippen LogP contribution in [-0.2, 0) is 17.8 Å². The fourth-order valence-electron chi connectivity index (χ4n) is 3.89. The quantitative estimate of drug-likeness (QED) is 0.503. The van der Waals surface area contributed by atoms with Gasteiger partial charge in [0.1, 0.15) is 24.2 Å². The van der Waals surface area contributed by atoms with Crippen molar-refractivity contribution < 1.29 is 4.79 Å². The van der Waals surface area contributed by atoms with Crippen molar-refractivity contribution in [1.29, 1.82) is 0 Å². The van der Waals surface area contributed by atoms with E-state index in [9.17, 15) is 9.59 Å². The summed E-state index contributed by atoms with van der Waals surface area (Å²) in [6.07, 6.45) is 4.38. The molecule has 0 N–H and O–H groups in total. The number of fused-ring (bicyclic) bond motifs is 3. The fourth-order valence-corrected chi connectivity index (χ4v) is 4.92. The second kappa shape index (κ2) is 7.56. The number of anilines is 1. The van der Waals surface area contributed by atoms with Gasteiger partial charge in [-0.2, -0.15) is 5.10 Å². The van der Waals surface area contributed by atoms with Crippen LogP contribution in [-0.4, -0.2) is 56.2 Å². The van der Waals surface area contributed by atoms with Crippen molar-refractivity contribution in [1.82, 2.24) is 24.1 Å². The zero-order valence-corrected chi connectivity index (χ0v) is 17.5. The minimum Gasteiger partial charge on any atom is -0.353 e. The summed E-state index contributed by atoms with van der Waals surface area (Å²) >= 11 is 1.69. The van der Waals surface area contributed by atoms with Crippen LogP contribution in [0.15, 0.2) is 47.7 Å². The number of amides is 1. The third kappa shape index (κ3) is 3.24. The van der Waals surface area contributed by atoms with E-state index < -0.39 is 0 Å². The van der Waals surface area contributed by atoms with Gasteiger partial charge in [-0.05, 0) is 30.7 Å². The van der Waals surface area contributed by atoms with Gasteiger partial charge in [0.05, 0.1) is 10.2 Å². The predicted molar refractivity (Wildman–Crippen MR) is 117 cm³/mol. The smallest absolute Gasteiger partial charge is 0.291 e. The molecule has 5 rings (SSSR count). The Balaban J connectivity index is 1.31. The summed E-state index contributed by atoms with van der Waals surface area (Å²) in [6.45, 7) is 4.72. The van der Waals surface area contributed by atoms with Crippen molar-refractivity contribution in [3.05, 3.63) is 58.1 Å². The Morgan fingerprint density at radius 1 is 1.13 bits per heavy atom. The van der Waals surface area contributed by atoms with Gasteiger partial charge in [0.15, 0.2) is 0 Å². The lowest BCUT2D eigenvalue weighted by Gasteiger charge is -2.35. The number of nitrogens with zero attached hydrogens (tertiary/aromatic N) is 6. The molecule has 1 amide bonds. The van der Waals surface area contributed by atoms with Gasteiger partial charge in [0, 0.05) is 37.3 Å². The molecule has 30 heavy (non-hydrogen) atoms. The van der Waals surface area contributed by atoms with Crippen molar-refractivity contribution in [2.45, 2.75) is 19.9 Å². The number of aromatic nitrogens is 4. The van der Waals surface area contributed by atoms with E-state index in [-0.39, 0.29) is 18.0 Å². The van der Waals surface area contributed by atoms with Crippen LogP contribution in [0.5, 0.6) is 0 Å². The second-order valence-corrected chi connectivity index (χ2v) is 8.53. The highest BCUT2D eigenvalue weighted by molar-refractivity contribution is 7.19. The van der Waals surface area contributed by atoms with E-state index in [1.54, 1.807) is 28.8 Å². The number of carbonyl (C=O) groups is 1. The highest BCUT2D eigenvalue weighted by Crippen LogP contribution is 2.28. The lowest BCUT2D eigenvalue weighted by atomic mass is 10.3. The SMILES string of the molecule is CCc1cc2c(cc3c(=O)n(CC(=O)N4CCN(c5ccccn5)CC4)ncn32)s1. The van der Waals surface area contributed by atoms with Crippen molar-refractivity contribution in [3.8, 4) is 0 Å². The third-order valence-corrected chi connectivity index (χ3v) is 6.79. The molecule has 0 saturated carbocycles. The first-order valence-electron chi connectivity index (χ1n) is 10.1. The van der Waals surface area contributed by atoms with Gasteiger partial charge >= 0.3 is 0 Å². The van der Waals surface area contributed by atoms with E-state index in [4.69, 9.17) is 0 Å². The molecule has 0 radical (unpaired) electrons. The van der Waals surface area contributed by atoms with Gasteiger partial charge in [0.2, 0.25) is 5.91 Å². The molecule has 5 heterocycles. The standard InChI is InChI=1S/C21H22N6O2S/c1-2-15-11-16-18(30-15)12-17-21(29)27(23-14-26(16)17)13-20(28)25-9-7-24(8-10-25)19-5-3-4-6-22-19/h3-6,11-12,14H,2,7-10,13H2,1H3. The number of hydrogen-bond donors (Lipinski definition) is 0. The number of pyridine rings is 1. The van der Waals surface area contributed by atoms with Crippen molar-refractivity contribution >= 4 is 38.8 Å². The fraction of sp³-hybridized carbons (Fsp3) is 0.333. The first kappa shape index (κ1) is 18.8. The van der Waals surface area contributed by atoms with Gasteiger partial charge in [-0.1, -0.05) is 13.0 Å². The Hall–Kier alpha value is -3.20. The Morgan fingerprint density at radius 3 is 2.70 bits per heavy atom. The molecule has 0 spiro atoms. The molecular formula is C21H22N6O2S. The topological polar surface area (TPSA) is 75.7 Å². The summed E-state index contributed by atoms with van der Waals surface area (Å²) in [5.41, 5.74) is 1.32. The molecule has 0 atom stereocenters. The largest absolute Gasteiger partial charge is 0.353 e. The molecule has 154 valence electrons. The Kier molecular flexibility index (Phi) is 4.74. The Morgan fingerprint density at radius 2 is 1.97 bits per heavy atom. The predicted octanol–water partition coefficient (Wildman–Crippen LogP) is 2.02. The summed E-state index contributed by atoms with van der Waals surface area (Å²) in [5.74, 6) is 0.837. The van der Waals surface area contributed by atoms with Crippen LogP contribution in [0.4, 0.5) is 5.82 Å². The van der Waals surface area contributed by atoms with Crippen LogP contribution in [0, 0.1) is 0 Å². The zero-order chi connectivity index (χ0) is 20.7. The van der Waals surface area contributed by atoms with E-state index in [0.29, 0.717) is 18.6 Å². The summed E-state index contributed by atoms with van der Waals surface area (Å²) in [5, 5.41) is 4.27. The minimum absolute atomic E-state index is 0.0437. The van der Waals surface area contributed by atoms with Crippen LogP contribution >= 0.6 is 11.3 Å². The molecule has 1 saturated heterocycles. The van der Waals surface area contributed by atoms with Crippen LogP contribution in [0.3, 0.4) is 0 Å². The number of aryl methyl sites for hydroxylation is 1. The molecule has 0 unspecified atom stereocenters. The number of thiophene rings is 1. The molecule has 1 aliphatic heterocycles. The monoisotopic (exact) mass is 422 g/mol. The minimum atomic E-state index is -0.237. The second-order valence-electron chi connectivity index (χ2n) is 7.36. The van der Waals surface area contributed by atoms with Crippen LogP contribution in [0.1, 0.15) is 11.8 Å². The van der Waals surface area contributed by atoms with Crippen molar-refractivity contribution in [3.63, 3.8) is 0 Å². The third-order valence-electron chi connectivity index (χ3n) is 5.58. The molecule has 9 heteroatoms. The highest BCUT2D eigenvalue weighted by Gasteiger charge is 2.23. The number of rotatable bonds is 4. The van der Waals surface area contributed by atoms with Crippen LogP contribution < -0.4 is 10.5 Å². The Bertz CT molecular complexity index is 1270. The first-order valence-corrected chi connectivity index (χ1v) is 10.9. The van der Waals surface area contributed by atoms with E-state index in [1.807, 2.05) is 28.7 Å². The Labute approximate surface area is 177 Å². The normalized spacial score (nSPS) is 14.7. The zero-order valence-electron chi connectivity index (χ0n) is 16.7. The lowest BCUT2D eigenvalue weighted by Crippen LogP contribution is -2.50. The van der Waals surface area contributed by atoms with Crippen molar-refractivity contribution in [2.24, 2.45) is 0 Å². The summed E-state index contributed by atoms with van der Waals surface area (Å²) in [4.78, 5) is 35.3. The van der Waals surface area contributed by atoms with E-state index in [1.165, 1.54) is 9.56 Å². The van der Waals surface area contributed by atoms with Crippen LogP contribution in [0.25, 0.3) is 15.7 Å². The molecule has 4 aromatic rings. The van der Waals surface area contributed by atoms with Gasteiger partial charge in [-0.25, -0.2) is 9.67 Å². The first-order chi connectivity index (χ1) is 14.6. The van der Waals surface area contributed by atoms with E-state index in [0.717, 1.165) is 35.5 Å². The number of piperazine rings is 1. The van der Waals surface area contributed by atoms with Crippen molar-refractivity contribution in [2.75, 3.05) is 31.1 Å². The number of carbonyl (C=O) groups excluding carboxylic acids is 1. The van der Waals surface area contributed by atoms with Gasteiger partial charge < -0.3 is 9.80 Å². The maximum atomic E-state index is 12.9. The average molecular weight is 423 g/mol. The maximum absolute atomic E-state index is 12.9. The van der Waals surface area contributed by atoms with E-state index in [2.05, 4.69) is 28.0 Å². The van der Waals surface area contributed by atoms with E-state index >= 15 is 0 Å². The lowest BCUT2D eigenvalue weighted by molar-refractivity contribution is -0.132. The van der Waals surface area contributed by atoms with Gasteiger partial charge in [-0.3, -0.25) is 14.0 Å². The highest BCUT2D eigenvalue weighted by atomic mass is 32.1. The van der Waals surface area contributed by atoms with Gasteiger partial charge in [-0.15, -0.1) is 11.3 Å². The average Bonchev–Trinajstić information content (AvgIpc) is 3.35. The molecule has 4 aromatic heterocycles. The molecule has 0 bridgehead atoms. The maximum Gasteiger partial charge on any atom is 0.291 e.